The van der Waals surface area contributed by atoms with Crippen molar-refractivity contribution in [3.05, 3.63) is 35.8 Å². The second-order valence-corrected chi connectivity index (χ2v) is 3.32. The van der Waals surface area contributed by atoms with Gasteiger partial charge in [0.25, 0.3) is 0 Å². The van der Waals surface area contributed by atoms with E-state index in [1.165, 1.54) is 0 Å². The highest BCUT2D eigenvalue weighted by Crippen LogP contribution is 2.08. The zero-order valence-corrected chi connectivity index (χ0v) is 8.73. The van der Waals surface area contributed by atoms with E-state index in [0.717, 1.165) is 11.2 Å². The Morgan fingerprint density at radius 1 is 1.47 bits per heavy atom. The van der Waals surface area contributed by atoms with Gasteiger partial charge >= 0.3 is 5.97 Å². The molecule has 0 aliphatic rings. The third kappa shape index (κ3) is 1.83. The number of imidazole rings is 1. The molecular weight excluding hydrogens is 192 g/mol. The predicted octanol–water partition coefficient (Wildman–Crippen LogP) is 1.82. The van der Waals surface area contributed by atoms with Gasteiger partial charge in [0, 0.05) is 12.4 Å². The molecule has 0 atom stereocenters. The molecule has 0 unspecified atom stereocenters. The van der Waals surface area contributed by atoms with Crippen molar-refractivity contribution in [1.82, 2.24) is 9.38 Å². The van der Waals surface area contributed by atoms with Gasteiger partial charge in [-0.25, -0.2) is 9.78 Å². The van der Waals surface area contributed by atoms with E-state index >= 15 is 0 Å². The molecule has 0 aliphatic heterocycles. The maximum Gasteiger partial charge on any atom is 0.358 e. The minimum Gasteiger partial charge on any atom is -0.461 e. The first-order chi connectivity index (χ1) is 7.20. The smallest absolute Gasteiger partial charge is 0.358 e. The van der Waals surface area contributed by atoms with Crippen LogP contribution in [0.25, 0.3) is 5.65 Å². The summed E-state index contributed by atoms with van der Waals surface area (Å²) in [5, 5.41) is 0. The number of hydrogen-bond donors (Lipinski definition) is 0. The van der Waals surface area contributed by atoms with E-state index in [1.807, 2.05) is 29.7 Å². The van der Waals surface area contributed by atoms with Crippen LogP contribution in [0, 0.1) is 6.92 Å². The molecule has 2 aromatic heterocycles. The van der Waals surface area contributed by atoms with Crippen LogP contribution in [0.2, 0.25) is 0 Å². The van der Waals surface area contributed by atoms with Gasteiger partial charge in [-0.15, -0.1) is 0 Å². The number of pyridine rings is 1. The van der Waals surface area contributed by atoms with Crippen molar-refractivity contribution in [2.24, 2.45) is 0 Å². The lowest BCUT2D eigenvalue weighted by Crippen LogP contribution is -2.04. The Kier molecular flexibility index (Phi) is 2.41. The zero-order chi connectivity index (χ0) is 10.8. The summed E-state index contributed by atoms with van der Waals surface area (Å²) in [5.74, 6) is -0.376. The molecule has 0 fully saturated rings. The van der Waals surface area contributed by atoms with Gasteiger partial charge in [0.2, 0.25) is 0 Å². The van der Waals surface area contributed by atoms with Crippen LogP contribution in [0.3, 0.4) is 0 Å². The normalized spacial score (nSPS) is 10.5. The molecule has 0 spiro atoms. The first-order valence-electron chi connectivity index (χ1n) is 4.83. The van der Waals surface area contributed by atoms with Gasteiger partial charge < -0.3 is 9.14 Å². The van der Waals surface area contributed by atoms with Crippen LogP contribution >= 0.6 is 0 Å². The van der Waals surface area contributed by atoms with Gasteiger partial charge in [0.15, 0.2) is 5.69 Å². The molecule has 0 radical (unpaired) electrons. The first kappa shape index (κ1) is 9.71. The molecule has 0 aliphatic carbocycles. The minimum atomic E-state index is -0.376. The third-order valence-electron chi connectivity index (χ3n) is 2.08. The van der Waals surface area contributed by atoms with E-state index in [0.29, 0.717) is 12.3 Å². The van der Waals surface area contributed by atoms with Crippen molar-refractivity contribution in [1.29, 1.82) is 0 Å². The SMILES string of the molecule is CCOC(=O)c1cn2cc(C)ccc2n1. The summed E-state index contributed by atoms with van der Waals surface area (Å²) in [6, 6.07) is 3.83. The van der Waals surface area contributed by atoms with Crippen molar-refractivity contribution in [2.45, 2.75) is 13.8 Å². The monoisotopic (exact) mass is 204 g/mol. The number of fused-ring (bicyclic) bond motifs is 1. The fourth-order valence-corrected chi connectivity index (χ4v) is 1.41. The predicted molar refractivity (Wildman–Crippen MR) is 55.9 cm³/mol. The number of carbonyl (C=O) groups excluding carboxylic acids is 1. The maximum absolute atomic E-state index is 11.4. The number of nitrogens with zero attached hydrogens (tertiary/aromatic N) is 2. The maximum atomic E-state index is 11.4. The van der Waals surface area contributed by atoms with Gasteiger partial charge in [-0.1, -0.05) is 6.07 Å². The summed E-state index contributed by atoms with van der Waals surface area (Å²) in [4.78, 5) is 15.6. The van der Waals surface area contributed by atoms with Gasteiger partial charge in [0.1, 0.15) is 5.65 Å². The average molecular weight is 204 g/mol. The van der Waals surface area contributed by atoms with Gasteiger partial charge in [0.05, 0.1) is 6.61 Å². The van der Waals surface area contributed by atoms with Crippen molar-refractivity contribution < 1.29 is 9.53 Å². The third-order valence-corrected chi connectivity index (χ3v) is 2.08. The molecule has 0 saturated carbocycles. The van der Waals surface area contributed by atoms with Crippen LogP contribution in [0.5, 0.6) is 0 Å². The molecule has 4 heteroatoms. The van der Waals surface area contributed by atoms with E-state index in [2.05, 4.69) is 4.98 Å². The van der Waals surface area contributed by atoms with Crippen LogP contribution in [0.15, 0.2) is 24.5 Å². The van der Waals surface area contributed by atoms with Crippen molar-refractivity contribution in [2.75, 3.05) is 6.61 Å². The lowest BCUT2D eigenvalue weighted by molar-refractivity contribution is 0.0520. The molecular formula is C11H12N2O2. The van der Waals surface area contributed by atoms with Crippen LogP contribution < -0.4 is 0 Å². The molecule has 0 amide bonds. The number of ether oxygens (including phenoxy) is 1. The number of rotatable bonds is 2. The molecule has 2 aromatic rings. The van der Waals surface area contributed by atoms with E-state index in [-0.39, 0.29) is 5.97 Å². The van der Waals surface area contributed by atoms with Gasteiger partial charge in [-0.05, 0) is 25.5 Å². The van der Waals surface area contributed by atoms with Gasteiger partial charge in [-0.2, -0.15) is 0 Å². The van der Waals surface area contributed by atoms with E-state index in [9.17, 15) is 4.79 Å². The number of hydrogen-bond acceptors (Lipinski definition) is 3. The Bertz CT molecular complexity index is 502. The molecule has 0 N–H and O–H groups in total. The van der Waals surface area contributed by atoms with Gasteiger partial charge in [-0.3, -0.25) is 0 Å². The second-order valence-electron chi connectivity index (χ2n) is 3.32. The number of esters is 1. The van der Waals surface area contributed by atoms with Crippen molar-refractivity contribution in [3.8, 4) is 0 Å². The van der Waals surface area contributed by atoms with Crippen molar-refractivity contribution >= 4 is 11.6 Å². The minimum absolute atomic E-state index is 0.349. The molecule has 2 rings (SSSR count). The average Bonchev–Trinajstić information content (AvgIpc) is 2.60. The van der Waals surface area contributed by atoms with E-state index < -0.39 is 0 Å². The van der Waals surface area contributed by atoms with Crippen LogP contribution in [-0.2, 0) is 4.74 Å². The topological polar surface area (TPSA) is 43.6 Å². The van der Waals surface area contributed by atoms with Crippen molar-refractivity contribution in [3.63, 3.8) is 0 Å². The van der Waals surface area contributed by atoms with Crippen LogP contribution in [-0.4, -0.2) is 22.0 Å². The molecule has 2 heterocycles. The second kappa shape index (κ2) is 3.73. The Labute approximate surface area is 87.5 Å². The highest BCUT2D eigenvalue weighted by Gasteiger charge is 2.10. The summed E-state index contributed by atoms with van der Waals surface area (Å²) >= 11 is 0. The molecule has 0 bridgehead atoms. The lowest BCUT2D eigenvalue weighted by atomic mass is 10.3. The summed E-state index contributed by atoms with van der Waals surface area (Å²) in [7, 11) is 0. The zero-order valence-electron chi connectivity index (χ0n) is 8.73. The Hall–Kier alpha value is -1.84. The number of carbonyl (C=O) groups is 1. The molecule has 4 nitrogen and oxygen atoms in total. The van der Waals surface area contributed by atoms with Crippen LogP contribution in [0.1, 0.15) is 23.0 Å². The largest absolute Gasteiger partial charge is 0.461 e. The summed E-state index contributed by atoms with van der Waals surface area (Å²) in [6.45, 7) is 4.13. The summed E-state index contributed by atoms with van der Waals surface area (Å²) in [6.07, 6.45) is 3.60. The van der Waals surface area contributed by atoms with E-state index in [4.69, 9.17) is 4.74 Å². The lowest BCUT2D eigenvalue weighted by Gasteiger charge is -1.95. The molecule has 0 aromatic carbocycles. The Balaban J connectivity index is 2.42. The number of aryl methyl sites for hydroxylation is 1. The summed E-state index contributed by atoms with van der Waals surface area (Å²) in [5.41, 5.74) is 2.22. The number of aromatic nitrogens is 2. The molecule has 78 valence electrons. The quantitative estimate of drug-likeness (QED) is 0.701. The Morgan fingerprint density at radius 2 is 2.27 bits per heavy atom. The highest BCUT2D eigenvalue weighted by atomic mass is 16.5. The first-order valence-corrected chi connectivity index (χ1v) is 4.83. The summed E-state index contributed by atoms with van der Waals surface area (Å²) < 4.78 is 6.69. The standard InChI is InChI=1S/C11H12N2O2/c1-3-15-11(14)9-7-13-6-8(2)4-5-10(13)12-9/h4-7H,3H2,1-2H3. The molecule has 0 saturated heterocycles. The molecule has 15 heavy (non-hydrogen) atoms. The van der Waals surface area contributed by atoms with E-state index in [1.54, 1.807) is 13.1 Å². The fraction of sp³-hybridized carbons (Fsp3) is 0.273. The Morgan fingerprint density at radius 3 is 3.00 bits per heavy atom. The fourth-order valence-electron chi connectivity index (χ4n) is 1.41. The highest BCUT2D eigenvalue weighted by molar-refractivity contribution is 5.87. The van der Waals surface area contributed by atoms with Crippen LogP contribution in [0.4, 0.5) is 0 Å².